The number of hydrogen-bond donors (Lipinski definition) is 1. The second-order valence-electron chi connectivity index (χ2n) is 6.18. The highest BCUT2D eigenvalue weighted by Crippen LogP contribution is 2.45. The zero-order valence-corrected chi connectivity index (χ0v) is 10.3. The Morgan fingerprint density at radius 2 is 1.93 bits per heavy atom. The van der Waals surface area contributed by atoms with Crippen molar-refractivity contribution in [3.05, 3.63) is 0 Å². The van der Waals surface area contributed by atoms with Crippen molar-refractivity contribution in [1.29, 1.82) is 0 Å². The molecule has 1 aliphatic carbocycles. The summed E-state index contributed by atoms with van der Waals surface area (Å²) in [5, 5.41) is 10.5. The summed E-state index contributed by atoms with van der Waals surface area (Å²) in [4.78, 5) is 0. The van der Waals surface area contributed by atoms with Crippen LogP contribution in [-0.2, 0) is 0 Å². The molecule has 0 aromatic rings. The van der Waals surface area contributed by atoms with Crippen molar-refractivity contribution in [2.24, 2.45) is 11.3 Å². The van der Waals surface area contributed by atoms with Gasteiger partial charge in [0.15, 0.2) is 0 Å². The predicted molar refractivity (Wildman–Crippen MR) is 61.3 cm³/mol. The normalized spacial score (nSPS) is 37.1. The smallest absolute Gasteiger partial charge is 0.0655 e. The number of aliphatic hydroxyl groups is 1. The molecule has 0 unspecified atom stereocenters. The van der Waals surface area contributed by atoms with Crippen LogP contribution in [0.1, 0.15) is 66.2 Å². The summed E-state index contributed by atoms with van der Waals surface area (Å²) >= 11 is 0. The molecule has 0 aromatic heterocycles. The lowest BCUT2D eigenvalue weighted by molar-refractivity contribution is -0.0648. The van der Waals surface area contributed by atoms with E-state index < -0.39 is 0 Å². The molecule has 0 heterocycles. The Bertz CT molecular complexity index is 186. The van der Waals surface area contributed by atoms with E-state index in [2.05, 4.69) is 27.7 Å². The lowest BCUT2D eigenvalue weighted by Crippen LogP contribution is -2.42. The van der Waals surface area contributed by atoms with Gasteiger partial charge in [-0.3, -0.25) is 0 Å². The zero-order chi connectivity index (χ0) is 10.8. The molecule has 1 heteroatoms. The third-order valence-electron chi connectivity index (χ3n) is 3.43. The third kappa shape index (κ3) is 3.27. The van der Waals surface area contributed by atoms with E-state index in [1.54, 1.807) is 0 Å². The number of rotatable bonds is 3. The van der Waals surface area contributed by atoms with Crippen LogP contribution < -0.4 is 0 Å². The number of hydrogen-bond acceptors (Lipinski definition) is 1. The third-order valence-corrected chi connectivity index (χ3v) is 3.43. The van der Waals surface area contributed by atoms with Crippen LogP contribution in [0.25, 0.3) is 0 Å². The van der Waals surface area contributed by atoms with E-state index in [-0.39, 0.29) is 5.60 Å². The molecule has 0 saturated heterocycles. The highest BCUT2D eigenvalue weighted by Gasteiger charge is 2.40. The van der Waals surface area contributed by atoms with E-state index in [1.807, 2.05) is 0 Å². The lowest BCUT2D eigenvalue weighted by Gasteiger charge is -2.44. The first-order chi connectivity index (χ1) is 6.37. The molecule has 1 N–H and O–H groups in total. The second-order valence-corrected chi connectivity index (χ2v) is 6.18. The van der Waals surface area contributed by atoms with Gasteiger partial charge in [0.05, 0.1) is 5.60 Å². The van der Waals surface area contributed by atoms with Gasteiger partial charge in [-0.1, -0.05) is 40.5 Å². The average Bonchev–Trinajstić information content (AvgIpc) is 1.96. The Morgan fingerprint density at radius 1 is 1.29 bits per heavy atom. The Kier molecular flexibility index (Phi) is 3.63. The first-order valence-electron chi connectivity index (χ1n) is 6.09. The van der Waals surface area contributed by atoms with Gasteiger partial charge in [0.2, 0.25) is 0 Å². The molecule has 2 atom stereocenters. The first kappa shape index (κ1) is 12.0. The lowest BCUT2D eigenvalue weighted by atomic mass is 9.64. The molecule has 1 nitrogen and oxygen atoms in total. The van der Waals surface area contributed by atoms with Crippen molar-refractivity contribution in [1.82, 2.24) is 0 Å². The Morgan fingerprint density at radius 3 is 2.43 bits per heavy atom. The molecule has 0 aliphatic heterocycles. The van der Waals surface area contributed by atoms with Gasteiger partial charge in [-0.2, -0.15) is 0 Å². The van der Waals surface area contributed by atoms with Gasteiger partial charge in [-0.15, -0.1) is 0 Å². The molecule has 0 radical (unpaired) electrons. The summed E-state index contributed by atoms with van der Waals surface area (Å²) in [7, 11) is 0. The van der Waals surface area contributed by atoms with Crippen molar-refractivity contribution < 1.29 is 5.11 Å². The van der Waals surface area contributed by atoms with Gasteiger partial charge in [0.25, 0.3) is 0 Å². The van der Waals surface area contributed by atoms with Crippen LogP contribution in [0.2, 0.25) is 0 Å². The van der Waals surface area contributed by atoms with Crippen molar-refractivity contribution >= 4 is 0 Å². The Hall–Kier alpha value is -0.0400. The molecular formula is C13H26O. The molecule has 0 spiro atoms. The van der Waals surface area contributed by atoms with E-state index in [0.29, 0.717) is 11.3 Å². The Balaban J connectivity index is 2.59. The minimum absolute atomic E-state index is 0.333. The summed E-state index contributed by atoms with van der Waals surface area (Å²) in [6, 6.07) is 0. The summed E-state index contributed by atoms with van der Waals surface area (Å²) in [6.07, 6.45) is 6.62. The van der Waals surface area contributed by atoms with Crippen LogP contribution in [0, 0.1) is 11.3 Å². The predicted octanol–water partition coefficient (Wildman–Crippen LogP) is 3.75. The quantitative estimate of drug-likeness (QED) is 0.732. The average molecular weight is 198 g/mol. The standard InChI is InChI=1S/C13H26O/c1-5-6-7-13(14)9-11(2)8-12(3,4)10-13/h11,14H,5-10H2,1-4H3/t11-,13+/m1/s1. The molecule has 1 rings (SSSR count). The summed E-state index contributed by atoms with van der Waals surface area (Å²) < 4.78 is 0. The van der Waals surface area contributed by atoms with E-state index in [1.165, 1.54) is 19.3 Å². The minimum atomic E-state index is -0.364. The monoisotopic (exact) mass is 198 g/mol. The van der Waals surface area contributed by atoms with Crippen LogP contribution >= 0.6 is 0 Å². The van der Waals surface area contributed by atoms with Gasteiger partial charge in [-0.05, 0) is 37.0 Å². The van der Waals surface area contributed by atoms with Crippen LogP contribution in [0.3, 0.4) is 0 Å². The van der Waals surface area contributed by atoms with Gasteiger partial charge in [0, 0.05) is 0 Å². The zero-order valence-electron chi connectivity index (χ0n) is 10.3. The maximum Gasteiger partial charge on any atom is 0.0655 e. The molecule has 0 bridgehead atoms. The molecule has 1 aliphatic rings. The van der Waals surface area contributed by atoms with Crippen molar-refractivity contribution in [3.8, 4) is 0 Å². The number of unbranched alkanes of at least 4 members (excludes halogenated alkanes) is 1. The van der Waals surface area contributed by atoms with Crippen molar-refractivity contribution in [2.75, 3.05) is 0 Å². The first-order valence-corrected chi connectivity index (χ1v) is 6.09. The fourth-order valence-electron chi connectivity index (χ4n) is 3.40. The molecule has 1 saturated carbocycles. The van der Waals surface area contributed by atoms with Crippen LogP contribution in [0.4, 0.5) is 0 Å². The largest absolute Gasteiger partial charge is 0.390 e. The van der Waals surface area contributed by atoms with E-state index in [4.69, 9.17) is 0 Å². The minimum Gasteiger partial charge on any atom is -0.390 e. The SMILES string of the molecule is CCCC[C@]1(O)C[C@H](C)CC(C)(C)C1. The fraction of sp³-hybridized carbons (Fsp3) is 1.00. The molecule has 84 valence electrons. The molecule has 1 fully saturated rings. The maximum atomic E-state index is 10.5. The van der Waals surface area contributed by atoms with E-state index in [0.717, 1.165) is 19.3 Å². The van der Waals surface area contributed by atoms with Gasteiger partial charge in [0.1, 0.15) is 0 Å². The molecular weight excluding hydrogens is 172 g/mol. The van der Waals surface area contributed by atoms with E-state index >= 15 is 0 Å². The molecule has 0 aromatic carbocycles. The fourth-order valence-corrected chi connectivity index (χ4v) is 3.40. The van der Waals surface area contributed by atoms with Gasteiger partial charge < -0.3 is 5.11 Å². The van der Waals surface area contributed by atoms with Crippen molar-refractivity contribution in [2.45, 2.75) is 71.8 Å². The second kappa shape index (κ2) is 4.22. The Labute approximate surface area is 88.9 Å². The van der Waals surface area contributed by atoms with Crippen molar-refractivity contribution in [3.63, 3.8) is 0 Å². The van der Waals surface area contributed by atoms with Crippen LogP contribution in [0.15, 0.2) is 0 Å². The highest BCUT2D eigenvalue weighted by atomic mass is 16.3. The summed E-state index contributed by atoms with van der Waals surface area (Å²) in [5.41, 5.74) is -0.0304. The van der Waals surface area contributed by atoms with Crippen LogP contribution in [-0.4, -0.2) is 10.7 Å². The molecule has 14 heavy (non-hydrogen) atoms. The summed E-state index contributed by atoms with van der Waals surface area (Å²) in [5.74, 6) is 0.681. The van der Waals surface area contributed by atoms with Gasteiger partial charge in [-0.25, -0.2) is 0 Å². The van der Waals surface area contributed by atoms with E-state index in [9.17, 15) is 5.11 Å². The highest BCUT2D eigenvalue weighted by molar-refractivity contribution is 4.92. The maximum absolute atomic E-state index is 10.5. The van der Waals surface area contributed by atoms with Crippen LogP contribution in [0.5, 0.6) is 0 Å². The topological polar surface area (TPSA) is 20.2 Å². The summed E-state index contributed by atoms with van der Waals surface area (Å²) in [6.45, 7) is 9.05. The van der Waals surface area contributed by atoms with Gasteiger partial charge >= 0.3 is 0 Å². The molecule has 0 amide bonds.